The van der Waals surface area contributed by atoms with Crippen LogP contribution in [0.25, 0.3) is 11.6 Å². The van der Waals surface area contributed by atoms with Gasteiger partial charge in [0.1, 0.15) is 11.4 Å². The van der Waals surface area contributed by atoms with Crippen molar-refractivity contribution < 1.29 is 14.3 Å². The molecule has 0 fully saturated rings. The lowest BCUT2D eigenvalue weighted by Gasteiger charge is -2.13. The number of benzene rings is 1. The molecule has 3 heterocycles. The van der Waals surface area contributed by atoms with Crippen LogP contribution in [0.1, 0.15) is 59.8 Å². The average Bonchev–Trinajstić information content (AvgIpc) is 3.44. The van der Waals surface area contributed by atoms with E-state index in [0.29, 0.717) is 40.9 Å². The summed E-state index contributed by atoms with van der Waals surface area (Å²) in [6, 6.07) is 10.5. The number of aromatic nitrogens is 6. The van der Waals surface area contributed by atoms with Crippen LogP contribution in [0.5, 0.6) is 0 Å². The number of hydrogen-bond donors (Lipinski definition) is 1. The first kappa shape index (κ1) is 23.8. The van der Waals surface area contributed by atoms with Crippen molar-refractivity contribution >= 4 is 17.7 Å². The van der Waals surface area contributed by atoms with Crippen LogP contribution in [-0.4, -0.2) is 48.0 Å². The number of anilines is 1. The van der Waals surface area contributed by atoms with Gasteiger partial charge in [0.2, 0.25) is 0 Å². The molecule has 0 radical (unpaired) electrons. The van der Waals surface area contributed by atoms with Crippen LogP contribution < -0.4 is 5.32 Å². The fourth-order valence-corrected chi connectivity index (χ4v) is 3.41. The van der Waals surface area contributed by atoms with Crippen molar-refractivity contribution in [3.05, 3.63) is 77.5 Å². The Labute approximate surface area is 203 Å². The Balaban J connectivity index is 1.58. The van der Waals surface area contributed by atoms with Gasteiger partial charge in [-0.25, -0.2) is 19.4 Å². The van der Waals surface area contributed by atoms with Crippen molar-refractivity contribution in [3.63, 3.8) is 0 Å². The Morgan fingerprint density at radius 2 is 1.74 bits per heavy atom. The van der Waals surface area contributed by atoms with Crippen LogP contribution in [-0.2, 0) is 10.2 Å². The first-order valence-electron chi connectivity index (χ1n) is 11.2. The third-order valence-electron chi connectivity index (χ3n) is 5.34. The summed E-state index contributed by atoms with van der Waals surface area (Å²) in [4.78, 5) is 33.7. The Kier molecular flexibility index (Phi) is 6.46. The van der Waals surface area contributed by atoms with E-state index in [0.717, 1.165) is 5.69 Å². The first-order chi connectivity index (χ1) is 16.7. The number of nitrogens with one attached hydrogen (secondary N) is 1. The topological polar surface area (TPSA) is 117 Å². The highest BCUT2D eigenvalue weighted by Crippen LogP contribution is 2.26. The lowest BCUT2D eigenvalue weighted by molar-refractivity contribution is 0.0525. The summed E-state index contributed by atoms with van der Waals surface area (Å²) in [5, 5.41) is 11.8. The normalized spacial score (nSPS) is 11.3. The quantitative estimate of drug-likeness (QED) is 0.422. The lowest BCUT2D eigenvalue weighted by atomic mass is 9.92. The number of ether oxygens (including phenoxy) is 1. The summed E-state index contributed by atoms with van der Waals surface area (Å²) in [6.45, 7) is 9.96. The predicted octanol–water partition coefficient (Wildman–Crippen LogP) is 3.88. The molecule has 4 rings (SSSR count). The van der Waals surface area contributed by atoms with Gasteiger partial charge in [-0.1, -0.05) is 20.8 Å². The lowest BCUT2D eigenvalue weighted by Crippen LogP contribution is -2.16. The summed E-state index contributed by atoms with van der Waals surface area (Å²) < 4.78 is 8.22. The highest BCUT2D eigenvalue weighted by molar-refractivity contribution is 6.04. The minimum absolute atomic E-state index is 0.231. The molecule has 0 aliphatic heterocycles. The van der Waals surface area contributed by atoms with E-state index >= 15 is 0 Å². The van der Waals surface area contributed by atoms with Gasteiger partial charge in [0, 0.05) is 29.4 Å². The molecular formula is C25H27N7O3. The number of nitrogens with zero attached hydrogens (tertiary/aromatic N) is 6. The zero-order valence-corrected chi connectivity index (χ0v) is 20.3. The van der Waals surface area contributed by atoms with Crippen LogP contribution in [0.15, 0.2) is 55.0 Å². The van der Waals surface area contributed by atoms with E-state index in [1.807, 2.05) is 26.8 Å². The van der Waals surface area contributed by atoms with E-state index in [9.17, 15) is 9.59 Å². The molecule has 4 aromatic rings. The van der Waals surface area contributed by atoms with Gasteiger partial charge < -0.3 is 10.1 Å². The summed E-state index contributed by atoms with van der Waals surface area (Å²) in [6.07, 6.45) is 4.72. The standard InChI is InChI=1S/C25H27N7O3/c1-6-35-23(34)19-15-28-31(16(19)2)18-10-8-17(9-11-18)22(33)29-21-14-20(25(3,4)5)30-32(21)24-26-12-7-13-27-24/h7-15H,6H2,1-5H3,(H,29,33). The van der Waals surface area contributed by atoms with Crippen molar-refractivity contribution in [1.29, 1.82) is 0 Å². The molecule has 10 nitrogen and oxygen atoms in total. The molecule has 0 saturated carbocycles. The fraction of sp³-hybridized carbons (Fsp3) is 0.280. The molecule has 3 aromatic heterocycles. The minimum atomic E-state index is -0.416. The van der Waals surface area contributed by atoms with Crippen LogP contribution in [0.3, 0.4) is 0 Å². The van der Waals surface area contributed by atoms with Crippen molar-refractivity contribution in [2.45, 2.75) is 40.0 Å². The number of carbonyl (C=O) groups excluding carboxylic acids is 2. The minimum Gasteiger partial charge on any atom is -0.462 e. The van der Waals surface area contributed by atoms with Gasteiger partial charge in [-0.2, -0.15) is 14.9 Å². The summed E-state index contributed by atoms with van der Waals surface area (Å²) in [5.74, 6) is 0.108. The molecule has 0 spiro atoms. The van der Waals surface area contributed by atoms with Crippen molar-refractivity contribution in [1.82, 2.24) is 29.5 Å². The number of rotatable bonds is 6. The molecule has 0 unspecified atom stereocenters. The molecule has 1 aromatic carbocycles. The Bertz CT molecular complexity index is 1350. The van der Waals surface area contributed by atoms with Gasteiger partial charge in [0.25, 0.3) is 11.9 Å². The van der Waals surface area contributed by atoms with Crippen molar-refractivity contribution in [2.24, 2.45) is 0 Å². The summed E-state index contributed by atoms with van der Waals surface area (Å²) in [5.41, 5.74) is 2.78. The predicted molar refractivity (Wildman–Crippen MR) is 130 cm³/mol. The molecule has 35 heavy (non-hydrogen) atoms. The Hall–Kier alpha value is -4.34. The Morgan fingerprint density at radius 3 is 2.37 bits per heavy atom. The molecule has 0 aliphatic carbocycles. The number of esters is 1. The molecule has 0 aliphatic rings. The Morgan fingerprint density at radius 1 is 1.06 bits per heavy atom. The van der Waals surface area contributed by atoms with Crippen molar-refractivity contribution in [2.75, 3.05) is 11.9 Å². The zero-order valence-electron chi connectivity index (χ0n) is 20.3. The van der Waals surface area contributed by atoms with Gasteiger partial charge in [0.05, 0.1) is 29.9 Å². The van der Waals surface area contributed by atoms with Gasteiger partial charge in [-0.15, -0.1) is 0 Å². The van der Waals surface area contributed by atoms with E-state index < -0.39 is 5.97 Å². The maximum Gasteiger partial charge on any atom is 0.341 e. The number of hydrogen-bond acceptors (Lipinski definition) is 7. The SMILES string of the molecule is CCOC(=O)c1cnn(-c2ccc(C(=O)Nc3cc(C(C)(C)C)nn3-c3ncccn3)cc2)c1C. The van der Waals surface area contributed by atoms with E-state index in [4.69, 9.17) is 4.74 Å². The monoisotopic (exact) mass is 473 g/mol. The molecule has 10 heteroatoms. The second kappa shape index (κ2) is 9.49. The van der Waals surface area contributed by atoms with Gasteiger partial charge in [-0.05, 0) is 44.2 Å². The van der Waals surface area contributed by atoms with Crippen LogP contribution in [0, 0.1) is 6.92 Å². The summed E-state index contributed by atoms with van der Waals surface area (Å²) in [7, 11) is 0. The van der Waals surface area contributed by atoms with E-state index in [2.05, 4.69) is 25.5 Å². The molecule has 180 valence electrons. The molecule has 0 atom stereocenters. The van der Waals surface area contributed by atoms with Crippen LogP contribution in [0.2, 0.25) is 0 Å². The maximum atomic E-state index is 13.1. The maximum absolute atomic E-state index is 13.1. The van der Waals surface area contributed by atoms with E-state index in [1.165, 1.54) is 10.9 Å². The second-order valence-corrected chi connectivity index (χ2v) is 8.90. The highest BCUT2D eigenvalue weighted by Gasteiger charge is 2.23. The number of carbonyl (C=O) groups is 2. The molecular weight excluding hydrogens is 446 g/mol. The highest BCUT2D eigenvalue weighted by atomic mass is 16.5. The van der Waals surface area contributed by atoms with E-state index in [-0.39, 0.29) is 11.3 Å². The summed E-state index contributed by atoms with van der Waals surface area (Å²) >= 11 is 0. The molecule has 1 N–H and O–H groups in total. The molecule has 1 amide bonds. The van der Waals surface area contributed by atoms with Gasteiger partial charge >= 0.3 is 5.97 Å². The fourth-order valence-electron chi connectivity index (χ4n) is 3.41. The van der Waals surface area contributed by atoms with Gasteiger partial charge in [-0.3, -0.25) is 4.79 Å². The van der Waals surface area contributed by atoms with E-state index in [1.54, 1.807) is 61.3 Å². The average molecular weight is 474 g/mol. The zero-order chi connectivity index (χ0) is 25.2. The third kappa shape index (κ3) is 4.96. The van der Waals surface area contributed by atoms with Crippen molar-refractivity contribution in [3.8, 4) is 11.6 Å². The molecule has 0 bridgehead atoms. The first-order valence-corrected chi connectivity index (χ1v) is 11.2. The number of amides is 1. The van der Waals surface area contributed by atoms with Gasteiger partial charge in [0.15, 0.2) is 0 Å². The third-order valence-corrected chi connectivity index (χ3v) is 5.34. The second-order valence-electron chi connectivity index (χ2n) is 8.90. The molecule has 0 saturated heterocycles. The van der Waals surface area contributed by atoms with Crippen LogP contribution >= 0.6 is 0 Å². The smallest absolute Gasteiger partial charge is 0.341 e. The largest absolute Gasteiger partial charge is 0.462 e. The van der Waals surface area contributed by atoms with Crippen LogP contribution in [0.4, 0.5) is 5.82 Å².